The number of carbonyl (C=O) groups excluding carboxylic acids is 1. The molecule has 1 aliphatic rings. The van der Waals surface area contributed by atoms with E-state index in [-0.39, 0.29) is 40.6 Å². The van der Waals surface area contributed by atoms with Crippen LogP contribution in [0.5, 0.6) is 0 Å². The van der Waals surface area contributed by atoms with E-state index in [4.69, 9.17) is 0 Å². The van der Waals surface area contributed by atoms with Crippen molar-refractivity contribution in [1.29, 1.82) is 0 Å². The van der Waals surface area contributed by atoms with Crippen molar-refractivity contribution in [1.82, 2.24) is 0 Å². The fraction of sp³-hybridized carbons (Fsp3) is 0.300. The van der Waals surface area contributed by atoms with E-state index in [0.717, 1.165) is 12.1 Å². The van der Waals surface area contributed by atoms with Crippen LogP contribution in [0, 0.1) is 5.82 Å². The molecule has 1 nitrogen and oxygen atoms in total. The molecule has 0 fully saturated rings. The second-order valence-corrected chi connectivity index (χ2v) is 4.48. The second-order valence-electron chi connectivity index (χ2n) is 3.37. The van der Waals surface area contributed by atoms with Crippen molar-refractivity contribution in [3.05, 3.63) is 29.1 Å². The number of alkyl halides is 3. The number of fused-ring (bicyclic) bond motifs is 1. The molecule has 86 valence electrons. The van der Waals surface area contributed by atoms with Gasteiger partial charge in [-0.05, 0) is 30.3 Å². The van der Waals surface area contributed by atoms with Gasteiger partial charge in [0.25, 0.3) is 0 Å². The maximum absolute atomic E-state index is 13.2. The highest BCUT2D eigenvalue weighted by atomic mass is 32.2. The monoisotopic (exact) mass is 250 g/mol. The zero-order valence-corrected chi connectivity index (χ0v) is 8.71. The van der Waals surface area contributed by atoms with Crippen LogP contribution < -0.4 is 0 Å². The second kappa shape index (κ2) is 3.76. The highest BCUT2D eigenvalue weighted by molar-refractivity contribution is 8.00. The van der Waals surface area contributed by atoms with Crippen molar-refractivity contribution in [2.24, 2.45) is 0 Å². The van der Waals surface area contributed by atoms with Crippen LogP contribution in [0.2, 0.25) is 0 Å². The van der Waals surface area contributed by atoms with Gasteiger partial charge in [-0.1, -0.05) is 0 Å². The number of hydrogen-bond donors (Lipinski definition) is 0. The van der Waals surface area contributed by atoms with Gasteiger partial charge in [0.1, 0.15) is 5.82 Å². The molecule has 0 saturated heterocycles. The van der Waals surface area contributed by atoms with Gasteiger partial charge in [-0.15, -0.1) is 0 Å². The highest BCUT2D eigenvalue weighted by Gasteiger charge is 2.34. The number of halogens is 4. The zero-order chi connectivity index (χ0) is 11.9. The minimum atomic E-state index is -4.46. The minimum Gasteiger partial charge on any atom is -0.294 e. The third-order valence-electron chi connectivity index (χ3n) is 2.32. The number of thioether (sulfide) groups is 1. The number of benzene rings is 1. The Bertz CT molecular complexity index is 453. The van der Waals surface area contributed by atoms with Gasteiger partial charge in [-0.25, -0.2) is 4.39 Å². The molecule has 0 heterocycles. The van der Waals surface area contributed by atoms with E-state index in [9.17, 15) is 22.4 Å². The lowest BCUT2D eigenvalue weighted by atomic mass is 10.1. The first-order valence-electron chi connectivity index (χ1n) is 4.49. The van der Waals surface area contributed by atoms with Gasteiger partial charge in [-0.2, -0.15) is 13.2 Å². The topological polar surface area (TPSA) is 17.1 Å². The molecule has 0 unspecified atom stereocenters. The molecule has 0 aliphatic heterocycles. The number of ketones is 1. The summed E-state index contributed by atoms with van der Waals surface area (Å²) in [7, 11) is 0. The number of Topliss-reactive ketones (excluding diaryl/α,β-unsaturated/α-hetero) is 1. The van der Waals surface area contributed by atoms with Crippen molar-refractivity contribution in [3.63, 3.8) is 0 Å². The van der Waals surface area contributed by atoms with Gasteiger partial charge in [-0.3, -0.25) is 4.79 Å². The Labute approximate surface area is 92.8 Å². The summed E-state index contributed by atoms with van der Waals surface area (Å²) in [5.41, 5.74) is -4.45. The molecule has 0 spiro atoms. The van der Waals surface area contributed by atoms with Gasteiger partial charge >= 0.3 is 5.51 Å². The molecule has 0 bridgehead atoms. The largest absolute Gasteiger partial charge is 0.446 e. The quantitative estimate of drug-likeness (QED) is 0.560. The predicted octanol–water partition coefficient (Wildman–Crippen LogP) is 3.57. The SMILES string of the molecule is O=C1CCc2c(F)ccc(SC(F)(F)F)c21. The van der Waals surface area contributed by atoms with Gasteiger partial charge < -0.3 is 0 Å². The molecular weight excluding hydrogens is 244 g/mol. The molecular formula is C10H6F4OS. The highest BCUT2D eigenvalue weighted by Crippen LogP contribution is 2.41. The Kier molecular flexibility index (Phi) is 2.69. The van der Waals surface area contributed by atoms with Crippen LogP contribution in [-0.4, -0.2) is 11.3 Å². The maximum atomic E-state index is 13.2. The van der Waals surface area contributed by atoms with Crippen molar-refractivity contribution in [2.45, 2.75) is 23.2 Å². The van der Waals surface area contributed by atoms with Gasteiger partial charge in [0.05, 0.1) is 0 Å². The molecule has 0 radical (unpaired) electrons. The maximum Gasteiger partial charge on any atom is 0.446 e. The Morgan fingerprint density at radius 2 is 1.88 bits per heavy atom. The summed E-state index contributed by atoms with van der Waals surface area (Å²) in [6, 6.07) is 1.99. The number of rotatable bonds is 1. The van der Waals surface area contributed by atoms with Crippen molar-refractivity contribution >= 4 is 17.5 Å². The summed E-state index contributed by atoms with van der Waals surface area (Å²) < 4.78 is 49.8. The fourth-order valence-corrected chi connectivity index (χ4v) is 2.45. The van der Waals surface area contributed by atoms with E-state index in [2.05, 4.69) is 0 Å². The van der Waals surface area contributed by atoms with Crippen molar-refractivity contribution < 1.29 is 22.4 Å². The Hall–Kier alpha value is -1.04. The normalized spacial score (nSPS) is 15.4. The Morgan fingerprint density at radius 1 is 1.19 bits per heavy atom. The number of carbonyl (C=O) groups is 1. The molecule has 1 aromatic carbocycles. The van der Waals surface area contributed by atoms with Crippen LogP contribution in [0.1, 0.15) is 22.3 Å². The summed E-state index contributed by atoms with van der Waals surface area (Å²) >= 11 is -0.369. The molecule has 0 atom stereocenters. The van der Waals surface area contributed by atoms with E-state index >= 15 is 0 Å². The average molecular weight is 250 g/mol. The molecule has 16 heavy (non-hydrogen) atoms. The van der Waals surface area contributed by atoms with E-state index < -0.39 is 17.1 Å². The lowest BCUT2D eigenvalue weighted by molar-refractivity contribution is -0.0328. The smallest absolute Gasteiger partial charge is 0.294 e. The summed E-state index contributed by atoms with van der Waals surface area (Å²) in [6.45, 7) is 0. The van der Waals surface area contributed by atoms with E-state index in [1.54, 1.807) is 0 Å². The molecule has 0 saturated carbocycles. The molecule has 0 amide bonds. The van der Waals surface area contributed by atoms with Gasteiger partial charge in [0, 0.05) is 22.4 Å². The summed E-state index contributed by atoms with van der Waals surface area (Å²) in [5.74, 6) is -1.02. The average Bonchev–Trinajstić information content (AvgIpc) is 2.52. The number of hydrogen-bond acceptors (Lipinski definition) is 2. The van der Waals surface area contributed by atoms with Crippen LogP contribution in [0.15, 0.2) is 17.0 Å². The lowest BCUT2D eigenvalue weighted by Crippen LogP contribution is -2.04. The first kappa shape index (κ1) is 11.4. The molecule has 6 heteroatoms. The fourth-order valence-electron chi connectivity index (χ4n) is 1.72. The Morgan fingerprint density at radius 3 is 2.50 bits per heavy atom. The summed E-state index contributed by atoms with van der Waals surface area (Å²) in [4.78, 5) is 11.2. The van der Waals surface area contributed by atoms with Gasteiger partial charge in [0.15, 0.2) is 5.78 Å². The van der Waals surface area contributed by atoms with Gasteiger partial charge in [0.2, 0.25) is 0 Å². The minimum absolute atomic E-state index is 0.0850. The van der Waals surface area contributed by atoms with Crippen molar-refractivity contribution in [2.75, 3.05) is 0 Å². The van der Waals surface area contributed by atoms with Crippen LogP contribution in [-0.2, 0) is 6.42 Å². The molecule has 1 aliphatic carbocycles. The first-order chi connectivity index (χ1) is 7.38. The molecule has 1 aromatic rings. The van der Waals surface area contributed by atoms with Crippen LogP contribution in [0.4, 0.5) is 17.6 Å². The lowest BCUT2D eigenvalue weighted by Gasteiger charge is -2.09. The van der Waals surface area contributed by atoms with E-state index in [1.165, 1.54) is 0 Å². The molecule has 0 aromatic heterocycles. The summed E-state index contributed by atoms with van der Waals surface area (Å²) in [5, 5.41) is 0. The van der Waals surface area contributed by atoms with Crippen LogP contribution in [0.25, 0.3) is 0 Å². The van der Waals surface area contributed by atoms with Crippen LogP contribution in [0.3, 0.4) is 0 Å². The molecule has 2 rings (SSSR count). The van der Waals surface area contributed by atoms with E-state index in [0.29, 0.717) is 0 Å². The third-order valence-corrected chi connectivity index (χ3v) is 3.12. The zero-order valence-electron chi connectivity index (χ0n) is 7.90. The Balaban J connectivity index is 2.49. The predicted molar refractivity (Wildman–Crippen MR) is 51.0 cm³/mol. The third kappa shape index (κ3) is 2.07. The standard InChI is InChI=1S/C10H6F4OS/c11-6-2-4-8(16-10(12,13)14)9-5(6)1-3-7(9)15/h2,4H,1,3H2. The molecule has 0 N–H and O–H groups in total. The van der Waals surface area contributed by atoms with Crippen molar-refractivity contribution in [3.8, 4) is 0 Å². The van der Waals surface area contributed by atoms with Crippen LogP contribution >= 0.6 is 11.8 Å². The first-order valence-corrected chi connectivity index (χ1v) is 5.30. The van der Waals surface area contributed by atoms with E-state index in [1.807, 2.05) is 0 Å². The summed E-state index contributed by atoms with van der Waals surface area (Å²) in [6.07, 6.45) is 0.272.